The summed E-state index contributed by atoms with van der Waals surface area (Å²) < 4.78 is 7.42. The first kappa shape index (κ1) is 12.0. The van der Waals surface area contributed by atoms with Gasteiger partial charge >= 0.3 is 0 Å². The monoisotopic (exact) mass is 242 g/mol. The van der Waals surface area contributed by atoms with Crippen molar-refractivity contribution in [3.05, 3.63) is 36.2 Å². The highest BCUT2D eigenvalue weighted by Crippen LogP contribution is 2.25. The molecule has 0 aliphatic carbocycles. The van der Waals surface area contributed by atoms with Crippen LogP contribution in [-0.2, 0) is 0 Å². The van der Waals surface area contributed by atoms with E-state index in [1.165, 1.54) is 0 Å². The van der Waals surface area contributed by atoms with Crippen LogP contribution in [0.25, 0.3) is 0 Å². The van der Waals surface area contributed by atoms with Gasteiger partial charge in [-0.25, -0.2) is 0 Å². The standard InChI is InChI=1S/C13H14N4O/c1-9(2)17-8-12(7-16-17)18-11-4-3-10(6-14)13(15)5-11/h3-5,7-9H,15H2,1-2H3. The van der Waals surface area contributed by atoms with E-state index in [4.69, 9.17) is 15.7 Å². The van der Waals surface area contributed by atoms with E-state index in [2.05, 4.69) is 5.10 Å². The quantitative estimate of drug-likeness (QED) is 0.839. The molecule has 1 heterocycles. The molecule has 0 aliphatic rings. The summed E-state index contributed by atoms with van der Waals surface area (Å²) in [6.07, 6.45) is 3.47. The summed E-state index contributed by atoms with van der Waals surface area (Å²) in [5, 5.41) is 13.0. The van der Waals surface area contributed by atoms with E-state index < -0.39 is 0 Å². The third-order valence-corrected chi connectivity index (χ3v) is 2.49. The Morgan fingerprint density at radius 2 is 2.17 bits per heavy atom. The summed E-state index contributed by atoms with van der Waals surface area (Å²) in [5.41, 5.74) is 6.57. The fourth-order valence-corrected chi connectivity index (χ4v) is 1.50. The molecule has 1 aromatic heterocycles. The van der Waals surface area contributed by atoms with Gasteiger partial charge in [-0.2, -0.15) is 10.4 Å². The number of rotatable bonds is 3. The number of nitriles is 1. The normalized spacial score (nSPS) is 10.3. The molecule has 0 bridgehead atoms. The smallest absolute Gasteiger partial charge is 0.165 e. The summed E-state index contributed by atoms with van der Waals surface area (Å²) in [7, 11) is 0. The largest absolute Gasteiger partial charge is 0.454 e. The van der Waals surface area contributed by atoms with E-state index in [0.29, 0.717) is 22.7 Å². The van der Waals surface area contributed by atoms with Crippen molar-refractivity contribution in [2.24, 2.45) is 0 Å². The van der Waals surface area contributed by atoms with E-state index in [9.17, 15) is 0 Å². The Hall–Kier alpha value is -2.48. The average Bonchev–Trinajstić information content (AvgIpc) is 2.78. The van der Waals surface area contributed by atoms with Crippen LogP contribution in [0.2, 0.25) is 0 Å². The first-order valence-electron chi connectivity index (χ1n) is 5.62. The van der Waals surface area contributed by atoms with Gasteiger partial charge in [-0.3, -0.25) is 4.68 Å². The molecule has 2 N–H and O–H groups in total. The molecule has 18 heavy (non-hydrogen) atoms. The Morgan fingerprint density at radius 1 is 1.39 bits per heavy atom. The topological polar surface area (TPSA) is 76.9 Å². The van der Waals surface area contributed by atoms with Gasteiger partial charge in [0.05, 0.1) is 23.6 Å². The number of nitrogens with two attached hydrogens (primary N) is 1. The van der Waals surface area contributed by atoms with Crippen LogP contribution >= 0.6 is 0 Å². The van der Waals surface area contributed by atoms with Gasteiger partial charge in [0.2, 0.25) is 0 Å². The van der Waals surface area contributed by atoms with Gasteiger partial charge in [-0.1, -0.05) is 0 Å². The lowest BCUT2D eigenvalue weighted by Gasteiger charge is -2.05. The number of aromatic nitrogens is 2. The first-order chi connectivity index (χ1) is 8.60. The SMILES string of the molecule is CC(C)n1cc(Oc2ccc(C#N)c(N)c2)cn1. The average molecular weight is 242 g/mol. The van der Waals surface area contributed by atoms with Crippen LogP contribution in [0.15, 0.2) is 30.6 Å². The second kappa shape index (κ2) is 4.80. The maximum Gasteiger partial charge on any atom is 0.165 e. The van der Waals surface area contributed by atoms with Gasteiger partial charge in [-0.05, 0) is 26.0 Å². The molecule has 5 nitrogen and oxygen atoms in total. The van der Waals surface area contributed by atoms with Crippen molar-refractivity contribution in [3.63, 3.8) is 0 Å². The molecule has 0 saturated heterocycles. The van der Waals surface area contributed by atoms with Crippen LogP contribution in [0.5, 0.6) is 11.5 Å². The first-order valence-corrected chi connectivity index (χ1v) is 5.62. The lowest BCUT2D eigenvalue weighted by molar-refractivity contribution is 0.477. The van der Waals surface area contributed by atoms with Gasteiger partial charge in [0.15, 0.2) is 5.75 Å². The maximum atomic E-state index is 8.78. The number of hydrogen-bond donors (Lipinski definition) is 1. The van der Waals surface area contributed by atoms with Crippen LogP contribution in [0.4, 0.5) is 5.69 Å². The molecule has 0 spiro atoms. The predicted octanol–water partition coefficient (Wildman–Crippen LogP) is 2.71. The minimum Gasteiger partial charge on any atom is -0.454 e. The molecular weight excluding hydrogens is 228 g/mol. The van der Waals surface area contributed by atoms with Gasteiger partial charge in [-0.15, -0.1) is 0 Å². The molecule has 0 radical (unpaired) electrons. The van der Waals surface area contributed by atoms with E-state index in [1.807, 2.05) is 30.8 Å². The summed E-state index contributed by atoms with van der Waals surface area (Å²) in [6, 6.07) is 7.27. The van der Waals surface area contributed by atoms with Crippen LogP contribution in [0.1, 0.15) is 25.5 Å². The van der Waals surface area contributed by atoms with E-state index in [-0.39, 0.29) is 6.04 Å². The molecular formula is C13H14N4O. The lowest BCUT2D eigenvalue weighted by atomic mass is 10.2. The second-order valence-electron chi connectivity index (χ2n) is 4.21. The lowest BCUT2D eigenvalue weighted by Crippen LogP contribution is -1.99. The van der Waals surface area contributed by atoms with Crippen molar-refractivity contribution in [3.8, 4) is 17.6 Å². The van der Waals surface area contributed by atoms with E-state index >= 15 is 0 Å². The molecule has 2 rings (SSSR count). The molecule has 0 aliphatic heterocycles. The fraction of sp³-hybridized carbons (Fsp3) is 0.231. The number of ether oxygens (including phenoxy) is 1. The Balaban J connectivity index is 2.18. The van der Waals surface area contributed by atoms with Gasteiger partial charge < -0.3 is 10.5 Å². The molecule has 0 amide bonds. The minimum atomic E-state index is 0.286. The number of nitrogens with zero attached hydrogens (tertiary/aromatic N) is 3. The summed E-state index contributed by atoms with van der Waals surface area (Å²) in [5.74, 6) is 1.24. The Bertz CT molecular complexity index is 595. The Kier molecular flexibility index (Phi) is 3.20. The van der Waals surface area contributed by atoms with Crippen molar-refractivity contribution in [1.82, 2.24) is 9.78 Å². The number of nitrogen functional groups attached to an aromatic ring is 1. The highest BCUT2D eigenvalue weighted by molar-refractivity contribution is 5.57. The Labute approximate surface area is 105 Å². The highest BCUT2D eigenvalue weighted by Gasteiger charge is 2.05. The summed E-state index contributed by atoms with van der Waals surface area (Å²) >= 11 is 0. The van der Waals surface area contributed by atoms with E-state index in [0.717, 1.165) is 0 Å². The zero-order chi connectivity index (χ0) is 13.1. The van der Waals surface area contributed by atoms with Gasteiger partial charge in [0.25, 0.3) is 0 Å². The van der Waals surface area contributed by atoms with Gasteiger partial charge in [0.1, 0.15) is 11.8 Å². The third-order valence-electron chi connectivity index (χ3n) is 2.49. The molecule has 0 atom stereocenters. The predicted molar refractivity (Wildman–Crippen MR) is 68.3 cm³/mol. The van der Waals surface area contributed by atoms with Crippen molar-refractivity contribution in [2.45, 2.75) is 19.9 Å². The van der Waals surface area contributed by atoms with Crippen molar-refractivity contribution in [1.29, 1.82) is 5.26 Å². The third kappa shape index (κ3) is 2.43. The zero-order valence-corrected chi connectivity index (χ0v) is 10.3. The second-order valence-corrected chi connectivity index (χ2v) is 4.21. The summed E-state index contributed by atoms with van der Waals surface area (Å²) in [6.45, 7) is 4.08. The van der Waals surface area contributed by atoms with E-state index in [1.54, 1.807) is 24.4 Å². The minimum absolute atomic E-state index is 0.286. The van der Waals surface area contributed by atoms with Crippen molar-refractivity contribution in [2.75, 3.05) is 5.73 Å². The number of anilines is 1. The van der Waals surface area contributed by atoms with Crippen molar-refractivity contribution >= 4 is 5.69 Å². The highest BCUT2D eigenvalue weighted by atomic mass is 16.5. The van der Waals surface area contributed by atoms with Crippen LogP contribution in [-0.4, -0.2) is 9.78 Å². The maximum absolute atomic E-state index is 8.78. The zero-order valence-electron chi connectivity index (χ0n) is 10.3. The van der Waals surface area contributed by atoms with Crippen molar-refractivity contribution < 1.29 is 4.74 Å². The molecule has 0 saturated carbocycles. The molecule has 5 heteroatoms. The molecule has 92 valence electrons. The fourth-order valence-electron chi connectivity index (χ4n) is 1.50. The van der Waals surface area contributed by atoms with Gasteiger partial charge in [0, 0.05) is 12.1 Å². The summed E-state index contributed by atoms with van der Waals surface area (Å²) in [4.78, 5) is 0. The molecule has 1 aromatic carbocycles. The van der Waals surface area contributed by atoms with Crippen LogP contribution in [0, 0.1) is 11.3 Å². The Morgan fingerprint density at radius 3 is 2.72 bits per heavy atom. The molecule has 0 unspecified atom stereocenters. The molecule has 2 aromatic rings. The number of benzene rings is 1. The molecule has 0 fully saturated rings. The number of hydrogen-bond acceptors (Lipinski definition) is 4. The van der Waals surface area contributed by atoms with Crippen LogP contribution in [0.3, 0.4) is 0 Å². The van der Waals surface area contributed by atoms with Crippen LogP contribution < -0.4 is 10.5 Å².